The molecule has 3 nitrogen and oxygen atoms in total. The van der Waals surface area contributed by atoms with E-state index in [1.807, 2.05) is 6.07 Å². The van der Waals surface area contributed by atoms with Crippen LogP contribution >= 0.6 is 0 Å². The monoisotopic (exact) mass is 278 g/mol. The van der Waals surface area contributed by atoms with Crippen molar-refractivity contribution in [2.75, 3.05) is 6.61 Å². The van der Waals surface area contributed by atoms with Gasteiger partial charge in [0.15, 0.2) is 0 Å². The van der Waals surface area contributed by atoms with Gasteiger partial charge in [-0.05, 0) is 17.7 Å². The van der Waals surface area contributed by atoms with Crippen molar-refractivity contribution >= 4 is 10.9 Å². The van der Waals surface area contributed by atoms with Crippen LogP contribution in [0.15, 0.2) is 54.7 Å². The van der Waals surface area contributed by atoms with Gasteiger partial charge in [0.2, 0.25) is 0 Å². The number of hydrogen-bond acceptors (Lipinski definition) is 2. The van der Waals surface area contributed by atoms with Crippen molar-refractivity contribution in [1.82, 2.24) is 10.3 Å². The average molecular weight is 278 g/mol. The van der Waals surface area contributed by atoms with Crippen molar-refractivity contribution in [2.45, 2.75) is 19.0 Å². The van der Waals surface area contributed by atoms with Gasteiger partial charge >= 0.3 is 0 Å². The summed E-state index contributed by atoms with van der Waals surface area (Å²) >= 11 is 0. The maximum atomic E-state index is 5.71. The van der Waals surface area contributed by atoms with Gasteiger partial charge in [0, 0.05) is 41.7 Å². The van der Waals surface area contributed by atoms with Crippen LogP contribution in [-0.4, -0.2) is 11.6 Å². The molecule has 2 heterocycles. The van der Waals surface area contributed by atoms with E-state index in [-0.39, 0.29) is 0 Å². The molecule has 0 fully saturated rings. The van der Waals surface area contributed by atoms with Crippen molar-refractivity contribution in [3.8, 4) is 5.75 Å². The third-order valence-corrected chi connectivity index (χ3v) is 4.17. The Morgan fingerprint density at radius 1 is 1.10 bits per heavy atom. The van der Waals surface area contributed by atoms with Crippen LogP contribution in [0, 0.1) is 0 Å². The van der Waals surface area contributed by atoms with Gasteiger partial charge in [0.25, 0.3) is 0 Å². The summed E-state index contributed by atoms with van der Waals surface area (Å²) in [6, 6.07) is 17.1. The van der Waals surface area contributed by atoms with Crippen molar-refractivity contribution in [1.29, 1.82) is 0 Å². The molecule has 1 aromatic heterocycles. The minimum Gasteiger partial charge on any atom is -0.493 e. The van der Waals surface area contributed by atoms with Gasteiger partial charge in [0.05, 0.1) is 6.61 Å². The number of ether oxygens (including phenoxy) is 1. The number of rotatable bonds is 3. The van der Waals surface area contributed by atoms with Crippen LogP contribution in [-0.2, 0) is 6.54 Å². The molecule has 4 rings (SSSR count). The lowest BCUT2D eigenvalue weighted by atomic mass is 10.0. The SMILES string of the molecule is c1ccc2c(c1)OCCC2NCc1c[nH]c2ccccc12. The van der Waals surface area contributed by atoms with Crippen molar-refractivity contribution in [3.63, 3.8) is 0 Å². The molecule has 0 saturated heterocycles. The number of fused-ring (bicyclic) bond motifs is 2. The predicted octanol–water partition coefficient (Wildman–Crippen LogP) is 3.78. The topological polar surface area (TPSA) is 37.0 Å². The first-order chi connectivity index (χ1) is 10.4. The number of aromatic nitrogens is 1. The van der Waals surface area contributed by atoms with Crippen LogP contribution in [0.3, 0.4) is 0 Å². The van der Waals surface area contributed by atoms with E-state index in [2.05, 4.69) is 59.0 Å². The molecule has 0 amide bonds. The van der Waals surface area contributed by atoms with Gasteiger partial charge in [-0.3, -0.25) is 0 Å². The highest BCUT2D eigenvalue weighted by atomic mass is 16.5. The van der Waals surface area contributed by atoms with Crippen molar-refractivity contribution < 1.29 is 4.74 Å². The standard InChI is InChI=1S/C18H18N2O/c1-3-7-16-14(5-1)13(11-19-16)12-20-17-9-10-21-18-8-4-2-6-15(17)18/h1-8,11,17,19-20H,9-10,12H2. The zero-order valence-corrected chi connectivity index (χ0v) is 11.8. The largest absolute Gasteiger partial charge is 0.493 e. The summed E-state index contributed by atoms with van der Waals surface area (Å²) in [4.78, 5) is 3.33. The lowest BCUT2D eigenvalue weighted by Crippen LogP contribution is -2.26. The van der Waals surface area contributed by atoms with E-state index >= 15 is 0 Å². The van der Waals surface area contributed by atoms with Gasteiger partial charge in [-0.15, -0.1) is 0 Å². The predicted molar refractivity (Wildman–Crippen MR) is 84.4 cm³/mol. The highest BCUT2D eigenvalue weighted by molar-refractivity contribution is 5.82. The molecule has 21 heavy (non-hydrogen) atoms. The fourth-order valence-electron chi connectivity index (χ4n) is 3.07. The first-order valence-electron chi connectivity index (χ1n) is 7.42. The molecule has 1 unspecified atom stereocenters. The number of nitrogens with one attached hydrogen (secondary N) is 2. The van der Waals surface area contributed by atoms with Gasteiger partial charge in [-0.1, -0.05) is 36.4 Å². The molecule has 106 valence electrons. The molecule has 3 heteroatoms. The second-order valence-electron chi connectivity index (χ2n) is 5.47. The van der Waals surface area contributed by atoms with Crippen LogP contribution in [0.5, 0.6) is 5.75 Å². The minimum atomic E-state index is 0.364. The third-order valence-electron chi connectivity index (χ3n) is 4.17. The average Bonchev–Trinajstić information content (AvgIpc) is 2.96. The fraction of sp³-hybridized carbons (Fsp3) is 0.222. The number of aromatic amines is 1. The molecule has 0 aliphatic carbocycles. The Labute approximate surface area is 123 Å². The van der Waals surface area contributed by atoms with E-state index in [1.165, 1.54) is 22.0 Å². The van der Waals surface area contributed by atoms with E-state index in [0.29, 0.717) is 6.04 Å². The van der Waals surface area contributed by atoms with Gasteiger partial charge in [-0.25, -0.2) is 0 Å². The van der Waals surface area contributed by atoms with Gasteiger partial charge < -0.3 is 15.0 Å². The van der Waals surface area contributed by atoms with Crippen LogP contribution in [0.1, 0.15) is 23.6 Å². The summed E-state index contributed by atoms with van der Waals surface area (Å²) in [7, 11) is 0. The molecule has 1 aliphatic heterocycles. The normalized spacial score (nSPS) is 17.4. The Morgan fingerprint density at radius 3 is 2.95 bits per heavy atom. The maximum absolute atomic E-state index is 5.71. The van der Waals surface area contributed by atoms with Crippen LogP contribution in [0.4, 0.5) is 0 Å². The second kappa shape index (κ2) is 5.26. The quantitative estimate of drug-likeness (QED) is 0.765. The summed E-state index contributed by atoms with van der Waals surface area (Å²) < 4.78 is 5.71. The Balaban J connectivity index is 1.55. The third kappa shape index (κ3) is 2.30. The van der Waals surface area contributed by atoms with E-state index in [9.17, 15) is 0 Å². The van der Waals surface area contributed by atoms with E-state index in [4.69, 9.17) is 4.74 Å². The summed E-state index contributed by atoms with van der Waals surface area (Å²) in [5.74, 6) is 1.01. The molecular weight excluding hydrogens is 260 g/mol. The van der Waals surface area contributed by atoms with Crippen molar-refractivity contribution in [2.24, 2.45) is 0 Å². The first kappa shape index (κ1) is 12.5. The lowest BCUT2D eigenvalue weighted by Gasteiger charge is -2.26. The molecule has 0 saturated carbocycles. The van der Waals surface area contributed by atoms with Crippen LogP contribution in [0.25, 0.3) is 10.9 Å². The molecule has 1 atom stereocenters. The maximum Gasteiger partial charge on any atom is 0.124 e. The van der Waals surface area contributed by atoms with E-state index < -0.39 is 0 Å². The van der Waals surface area contributed by atoms with Gasteiger partial charge in [-0.2, -0.15) is 0 Å². The zero-order chi connectivity index (χ0) is 14.1. The summed E-state index contributed by atoms with van der Waals surface area (Å²) in [6.07, 6.45) is 3.11. The Bertz CT molecular complexity index is 763. The second-order valence-corrected chi connectivity index (χ2v) is 5.47. The summed E-state index contributed by atoms with van der Waals surface area (Å²) in [5.41, 5.74) is 3.78. The van der Waals surface area contributed by atoms with Crippen molar-refractivity contribution in [3.05, 3.63) is 65.9 Å². The summed E-state index contributed by atoms with van der Waals surface area (Å²) in [6.45, 7) is 1.64. The number of para-hydroxylation sites is 2. The van der Waals surface area contributed by atoms with Crippen LogP contribution < -0.4 is 10.1 Å². The Kier molecular flexibility index (Phi) is 3.13. The Hall–Kier alpha value is -2.26. The highest BCUT2D eigenvalue weighted by Crippen LogP contribution is 2.32. The molecule has 3 aromatic rings. The molecule has 2 N–H and O–H groups in total. The van der Waals surface area contributed by atoms with Crippen LogP contribution in [0.2, 0.25) is 0 Å². The van der Waals surface area contributed by atoms with Gasteiger partial charge in [0.1, 0.15) is 5.75 Å². The fourth-order valence-corrected chi connectivity index (χ4v) is 3.07. The smallest absolute Gasteiger partial charge is 0.124 e. The number of hydrogen-bond donors (Lipinski definition) is 2. The molecule has 0 bridgehead atoms. The lowest BCUT2D eigenvalue weighted by molar-refractivity contribution is 0.252. The zero-order valence-electron chi connectivity index (χ0n) is 11.8. The molecule has 1 aliphatic rings. The number of benzene rings is 2. The molecule has 2 aromatic carbocycles. The van der Waals surface area contributed by atoms with E-state index in [1.54, 1.807) is 0 Å². The highest BCUT2D eigenvalue weighted by Gasteiger charge is 2.20. The first-order valence-corrected chi connectivity index (χ1v) is 7.42. The molecule has 0 spiro atoms. The summed E-state index contributed by atoms with van der Waals surface area (Å²) in [5, 5.41) is 4.97. The minimum absolute atomic E-state index is 0.364. The van der Waals surface area contributed by atoms with E-state index in [0.717, 1.165) is 25.3 Å². The number of H-pyrrole nitrogens is 1. The molecule has 0 radical (unpaired) electrons. The Morgan fingerprint density at radius 2 is 1.95 bits per heavy atom. The molecular formula is C18H18N2O.